The SMILES string of the molecule is CC(=O)C(C)(C)CCC(C)C. The van der Waals surface area contributed by atoms with E-state index in [1.54, 1.807) is 6.92 Å². The first kappa shape index (κ1) is 10.7. The topological polar surface area (TPSA) is 17.1 Å². The third kappa shape index (κ3) is 4.18. The molecule has 0 fully saturated rings. The minimum atomic E-state index is -0.107. The summed E-state index contributed by atoms with van der Waals surface area (Å²) in [6.07, 6.45) is 2.16. The molecule has 0 aliphatic heterocycles. The molecule has 0 aliphatic rings. The van der Waals surface area contributed by atoms with Crippen molar-refractivity contribution in [2.75, 3.05) is 0 Å². The van der Waals surface area contributed by atoms with Crippen LogP contribution in [0.15, 0.2) is 0 Å². The van der Waals surface area contributed by atoms with Crippen molar-refractivity contribution in [3.05, 3.63) is 0 Å². The zero-order chi connectivity index (χ0) is 9.07. The first-order valence-electron chi connectivity index (χ1n) is 4.37. The molecule has 0 heterocycles. The Hall–Kier alpha value is -0.330. The fraction of sp³-hybridized carbons (Fsp3) is 0.900. The maximum atomic E-state index is 11.1. The molecule has 66 valence electrons. The summed E-state index contributed by atoms with van der Waals surface area (Å²) in [7, 11) is 0. The number of carbonyl (C=O) groups excluding carboxylic acids is 1. The largest absolute Gasteiger partial charge is 0.299 e. The molecule has 0 aromatic carbocycles. The zero-order valence-corrected chi connectivity index (χ0v) is 8.40. The van der Waals surface area contributed by atoms with E-state index in [9.17, 15) is 4.79 Å². The highest BCUT2D eigenvalue weighted by Gasteiger charge is 2.22. The molecule has 0 aromatic heterocycles. The van der Waals surface area contributed by atoms with Crippen molar-refractivity contribution in [1.82, 2.24) is 0 Å². The number of ketones is 1. The molecule has 0 N–H and O–H groups in total. The van der Waals surface area contributed by atoms with E-state index in [-0.39, 0.29) is 5.41 Å². The Morgan fingerprint density at radius 3 is 2.09 bits per heavy atom. The number of hydrogen-bond acceptors (Lipinski definition) is 1. The lowest BCUT2D eigenvalue weighted by atomic mass is 9.82. The van der Waals surface area contributed by atoms with E-state index in [1.807, 2.05) is 13.8 Å². The number of Topliss-reactive ketones (excluding diaryl/α,β-unsaturated/α-hetero) is 1. The van der Waals surface area contributed by atoms with Gasteiger partial charge in [0, 0.05) is 5.41 Å². The minimum Gasteiger partial charge on any atom is -0.299 e. The highest BCUT2D eigenvalue weighted by atomic mass is 16.1. The van der Waals surface area contributed by atoms with Gasteiger partial charge in [0.05, 0.1) is 0 Å². The van der Waals surface area contributed by atoms with Crippen molar-refractivity contribution in [2.24, 2.45) is 11.3 Å². The number of rotatable bonds is 4. The smallest absolute Gasteiger partial charge is 0.135 e. The van der Waals surface area contributed by atoms with E-state index in [2.05, 4.69) is 13.8 Å². The summed E-state index contributed by atoms with van der Waals surface area (Å²) in [5.74, 6) is 1.01. The molecule has 0 bridgehead atoms. The van der Waals surface area contributed by atoms with E-state index in [0.29, 0.717) is 11.7 Å². The van der Waals surface area contributed by atoms with E-state index >= 15 is 0 Å². The molecule has 0 atom stereocenters. The molecule has 0 saturated heterocycles. The predicted molar refractivity (Wildman–Crippen MR) is 48.5 cm³/mol. The standard InChI is InChI=1S/C10H20O/c1-8(2)6-7-10(4,5)9(3)11/h8H,6-7H2,1-5H3. The van der Waals surface area contributed by atoms with Crippen molar-refractivity contribution < 1.29 is 4.79 Å². The molecular weight excluding hydrogens is 136 g/mol. The molecule has 0 radical (unpaired) electrons. The van der Waals surface area contributed by atoms with Crippen LogP contribution in [0.2, 0.25) is 0 Å². The summed E-state index contributed by atoms with van der Waals surface area (Å²) in [6, 6.07) is 0. The van der Waals surface area contributed by atoms with Crippen LogP contribution in [0.5, 0.6) is 0 Å². The van der Waals surface area contributed by atoms with Gasteiger partial charge in [0.2, 0.25) is 0 Å². The Balaban J connectivity index is 3.83. The second-order valence-corrected chi connectivity index (χ2v) is 4.37. The second kappa shape index (κ2) is 3.89. The van der Waals surface area contributed by atoms with Gasteiger partial charge in [0.15, 0.2) is 0 Å². The summed E-state index contributed by atoms with van der Waals surface area (Å²) in [6.45, 7) is 10.1. The van der Waals surface area contributed by atoms with Gasteiger partial charge < -0.3 is 0 Å². The third-order valence-corrected chi connectivity index (χ3v) is 2.30. The van der Waals surface area contributed by atoms with Crippen molar-refractivity contribution in [1.29, 1.82) is 0 Å². The van der Waals surface area contributed by atoms with Gasteiger partial charge in [-0.1, -0.05) is 34.1 Å². The Labute approximate surface area is 70.2 Å². The Morgan fingerprint density at radius 2 is 1.82 bits per heavy atom. The zero-order valence-electron chi connectivity index (χ0n) is 8.40. The molecule has 0 spiro atoms. The summed E-state index contributed by atoms with van der Waals surface area (Å²) < 4.78 is 0. The molecule has 0 unspecified atom stereocenters. The predicted octanol–water partition coefficient (Wildman–Crippen LogP) is 3.04. The average molecular weight is 156 g/mol. The van der Waals surface area contributed by atoms with E-state index in [0.717, 1.165) is 12.8 Å². The van der Waals surface area contributed by atoms with E-state index < -0.39 is 0 Å². The third-order valence-electron chi connectivity index (χ3n) is 2.30. The summed E-state index contributed by atoms with van der Waals surface area (Å²) in [4.78, 5) is 11.1. The summed E-state index contributed by atoms with van der Waals surface area (Å²) in [5, 5.41) is 0. The van der Waals surface area contributed by atoms with Crippen molar-refractivity contribution in [3.63, 3.8) is 0 Å². The van der Waals surface area contributed by atoms with E-state index in [1.165, 1.54) is 0 Å². The lowest BCUT2D eigenvalue weighted by Gasteiger charge is -2.21. The first-order chi connectivity index (χ1) is 4.86. The quantitative estimate of drug-likeness (QED) is 0.611. The van der Waals surface area contributed by atoms with Gasteiger partial charge in [-0.3, -0.25) is 4.79 Å². The molecular formula is C10H20O. The molecule has 1 heteroatoms. The van der Waals surface area contributed by atoms with Crippen LogP contribution < -0.4 is 0 Å². The van der Waals surface area contributed by atoms with Gasteiger partial charge in [-0.2, -0.15) is 0 Å². The lowest BCUT2D eigenvalue weighted by molar-refractivity contribution is -0.125. The Kier molecular flexibility index (Phi) is 3.77. The average Bonchev–Trinajstić information content (AvgIpc) is 1.84. The molecule has 1 nitrogen and oxygen atoms in total. The van der Waals surface area contributed by atoms with Crippen LogP contribution in [0.25, 0.3) is 0 Å². The number of carbonyl (C=O) groups is 1. The fourth-order valence-corrected chi connectivity index (χ4v) is 0.826. The minimum absolute atomic E-state index is 0.107. The van der Waals surface area contributed by atoms with Crippen LogP contribution in [0.1, 0.15) is 47.5 Å². The van der Waals surface area contributed by atoms with Crippen LogP contribution >= 0.6 is 0 Å². The van der Waals surface area contributed by atoms with Crippen LogP contribution in [0, 0.1) is 11.3 Å². The van der Waals surface area contributed by atoms with Gasteiger partial charge >= 0.3 is 0 Å². The van der Waals surface area contributed by atoms with Crippen molar-refractivity contribution >= 4 is 5.78 Å². The van der Waals surface area contributed by atoms with Crippen LogP contribution in [0.3, 0.4) is 0 Å². The van der Waals surface area contributed by atoms with E-state index in [4.69, 9.17) is 0 Å². The van der Waals surface area contributed by atoms with Gasteiger partial charge in [0.1, 0.15) is 5.78 Å². The lowest BCUT2D eigenvalue weighted by Crippen LogP contribution is -2.21. The normalized spacial score (nSPS) is 12.2. The fourth-order valence-electron chi connectivity index (χ4n) is 0.826. The molecule has 0 aromatic rings. The highest BCUT2D eigenvalue weighted by molar-refractivity contribution is 5.81. The van der Waals surface area contributed by atoms with Gasteiger partial charge in [-0.15, -0.1) is 0 Å². The van der Waals surface area contributed by atoms with Crippen LogP contribution in [-0.2, 0) is 4.79 Å². The van der Waals surface area contributed by atoms with Gasteiger partial charge in [-0.25, -0.2) is 0 Å². The van der Waals surface area contributed by atoms with Gasteiger partial charge in [-0.05, 0) is 19.3 Å². The Bertz CT molecular complexity index is 134. The van der Waals surface area contributed by atoms with Gasteiger partial charge in [0.25, 0.3) is 0 Å². The first-order valence-corrected chi connectivity index (χ1v) is 4.37. The van der Waals surface area contributed by atoms with Crippen LogP contribution in [0.4, 0.5) is 0 Å². The maximum absolute atomic E-state index is 11.1. The van der Waals surface area contributed by atoms with Crippen molar-refractivity contribution in [3.8, 4) is 0 Å². The van der Waals surface area contributed by atoms with Crippen molar-refractivity contribution in [2.45, 2.75) is 47.5 Å². The Morgan fingerprint density at radius 1 is 1.36 bits per heavy atom. The highest BCUT2D eigenvalue weighted by Crippen LogP contribution is 2.25. The maximum Gasteiger partial charge on any atom is 0.135 e. The monoisotopic (exact) mass is 156 g/mol. The molecule has 11 heavy (non-hydrogen) atoms. The van der Waals surface area contributed by atoms with Crippen LogP contribution in [-0.4, -0.2) is 5.78 Å². The number of hydrogen-bond donors (Lipinski definition) is 0. The summed E-state index contributed by atoms with van der Waals surface area (Å²) in [5.41, 5.74) is -0.107. The second-order valence-electron chi connectivity index (χ2n) is 4.37. The summed E-state index contributed by atoms with van der Waals surface area (Å²) >= 11 is 0. The molecule has 0 saturated carbocycles. The molecule has 0 aliphatic carbocycles. The molecule has 0 rings (SSSR count). The molecule has 0 amide bonds.